The van der Waals surface area contributed by atoms with E-state index >= 15 is 0 Å². The minimum absolute atomic E-state index is 0.146. The number of aromatic carboxylic acids is 1. The van der Waals surface area contributed by atoms with Crippen LogP contribution in [0.5, 0.6) is 11.5 Å². The Hall–Kier alpha value is -2.31. The fourth-order valence-corrected chi connectivity index (χ4v) is 1.47. The second-order valence-corrected chi connectivity index (χ2v) is 3.78. The summed E-state index contributed by atoms with van der Waals surface area (Å²) in [6.07, 6.45) is 1.71. The predicted molar refractivity (Wildman–Crippen MR) is 67.0 cm³/mol. The first-order valence-corrected chi connectivity index (χ1v) is 5.73. The number of carboxylic acids is 1. The van der Waals surface area contributed by atoms with Crippen molar-refractivity contribution in [3.8, 4) is 11.5 Å². The summed E-state index contributed by atoms with van der Waals surface area (Å²) >= 11 is 0. The lowest BCUT2D eigenvalue weighted by Gasteiger charge is -2.11. The van der Waals surface area contributed by atoms with Gasteiger partial charge in [0.25, 0.3) is 5.69 Å². The van der Waals surface area contributed by atoms with Gasteiger partial charge in [-0.1, -0.05) is 13.3 Å². The first kappa shape index (κ1) is 14.7. The number of hydrogen-bond donors (Lipinski definition) is 1. The third-order valence-corrected chi connectivity index (χ3v) is 2.46. The van der Waals surface area contributed by atoms with Gasteiger partial charge in [0.1, 0.15) is 5.56 Å². The van der Waals surface area contributed by atoms with Gasteiger partial charge in [-0.25, -0.2) is 4.79 Å². The molecule has 0 heterocycles. The number of methoxy groups -OCH3 is 1. The topological polar surface area (TPSA) is 98.9 Å². The summed E-state index contributed by atoms with van der Waals surface area (Å²) in [5.74, 6) is -1.04. The smallest absolute Gasteiger partial charge is 0.342 e. The van der Waals surface area contributed by atoms with Crippen LogP contribution in [-0.2, 0) is 0 Å². The Kier molecular flexibility index (Phi) is 5.11. The highest BCUT2D eigenvalue weighted by molar-refractivity contribution is 5.93. The molecule has 7 heteroatoms. The number of unbranched alkanes of at least 4 members (excludes halogenated alkanes) is 1. The minimum Gasteiger partial charge on any atom is -0.493 e. The largest absolute Gasteiger partial charge is 0.493 e. The van der Waals surface area contributed by atoms with Gasteiger partial charge in [0.05, 0.1) is 24.7 Å². The number of hydrogen-bond acceptors (Lipinski definition) is 5. The summed E-state index contributed by atoms with van der Waals surface area (Å²) in [6, 6.07) is 2.18. The van der Waals surface area contributed by atoms with E-state index < -0.39 is 22.1 Å². The fourth-order valence-electron chi connectivity index (χ4n) is 1.47. The number of benzene rings is 1. The fraction of sp³-hybridized carbons (Fsp3) is 0.417. The lowest BCUT2D eigenvalue weighted by molar-refractivity contribution is -0.385. The molecule has 0 amide bonds. The van der Waals surface area contributed by atoms with Gasteiger partial charge in [-0.15, -0.1) is 0 Å². The summed E-state index contributed by atoms with van der Waals surface area (Å²) in [7, 11) is 1.34. The molecule has 0 unspecified atom stereocenters. The molecule has 0 radical (unpaired) electrons. The number of nitro groups is 1. The van der Waals surface area contributed by atoms with E-state index in [1.54, 1.807) is 0 Å². The highest BCUT2D eigenvalue weighted by Gasteiger charge is 2.24. The zero-order valence-corrected chi connectivity index (χ0v) is 10.7. The normalized spacial score (nSPS) is 10.0. The average molecular weight is 269 g/mol. The Morgan fingerprint density at radius 3 is 2.58 bits per heavy atom. The van der Waals surface area contributed by atoms with Crippen molar-refractivity contribution in [2.24, 2.45) is 0 Å². The van der Waals surface area contributed by atoms with Gasteiger partial charge in [-0.2, -0.15) is 0 Å². The molecule has 1 aromatic rings. The molecule has 7 nitrogen and oxygen atoms in total. The van der Waals surface area contributed by atoms with Crippen LogP contribution in [0.4, 0.5) is 5.69 Å². The van der Waals surface area contributed by atoms with E-state index in [1.807, 2.05) is 6.92 Å². The standard InChI is InChI=1S/C12H15NO6/c1-3-4-5-19-11-6-8(12(14)15)9(13(16)17)7-10(11)18-2/h6-7H,3-5H2,1-2H3,(H,14,15). The molecule has 1 N–H and O–H groups in total. The molecule has 1 rings (SSSR count). The van der Waals surface area contributed by atoms with Crippen molar-refractivity contribution >= 4 is 11.7 Å². The Morgan fingerprint density at radius 1 is 1.42 bits per heavy atom. The van der Waals surface area contributed by atoms with E-state index in [9.17, 15) is 14.9 Å². The first-order chi connectivity index (χ1) is 9.01. The Bertz CT molecular complexity index is 485. The van der Waals surface area contributed by atoms with Gasteiger partial charge < -0.3 is 14.6 Å². The van der Waals surface area contributed by atoms with Crippen LogP contribution >= 0.6 is 0 Å². The minimum atomic E-state index is -1.38. The molecule has 1 aromatic carbocycles. The van der Waals surface area contributed by atoms with Crippen molar-refractivity contribution in [1.29, 1.82) is 0 Å². The molecule has 0 aliphatic carbocycles. The molecular formula is C12H15NO6. The monoisotopic (exact) mass is 269 g/mol. The average Bonchev–Trinajstić information content (AvgIpc) is 2.38. The summed E-state index contributed by atoms with van der Waals surface area (Å²) < 4.78 is 10.4. The van der Waals surface area contributed by atoms with E-state index in [4.69, 9.17) is 14.6 Å². The number of rotatable bonds is 7. The quantitative estimate of drug-likeness (QED) is 0.463. The van der Waals surface area contributed by atoms with Crippen LogP contribution in [0, 0.1) is 10.1 Å². The SMILES string of the molecule is CCCCOc1cc(C(=O)O)c([N+](=O)[O-])cc1OC. The number of ether oxygens (including phenoxy) is 2. The van der Waals surface area contributed by atoms with Crippen molar-refractivity contribution in [1.82, 2.24) is 0 Å². The van der Waals surface area contributed by atoms with E-state index in [1.165, 1.54) is 7.11 Å². The van der Waals surface area contributed by atoms with Crippen LogP contribution in [0.1, 0.15) is 30.1 Å². The van der Waals surface area contributed by atoms with Crippen LogP contribution in [0.3, 0.4) is 0 Å². The van der Waals surface area contributed by atoms with Crippen molar-refractivity contribution in [3.63, 3.8) is 0 Å². The summed E-state index contributed by atoms with van der Waals surface area (Å²) in [6.45, 7) is 2.38. The number of nitro benzene ring substituents is 1. The van der Waals surface area contributed by atoms with E-state index in [2.05, 4.69) is 0 Å². The Labute approximate surface area is 109 Å². The van der Waals surface area contributed by atoms with Gasteiger partial charge in [-0.05, 0) is 6.42 Å². The Morgan fingerprint density at radius 2 is 2.11 bits per heavy atom. The molecule has 104 valence electrons. The molecular weight excluding hydrogens is 254 g/mol. The molecule has 0 aromatic heterocycles. The maximum atomic E-state index is 11.0. The summed E-state index contributed by atoms with van der Waals surface area (Å²) in [5.41, 5.74) is -0.940. The summed E-state index contributed by atoms with van der Waals surface area (Å²) in [5, 5.41) is 19.8. The lowest BCUT2D eigenvalue weighted by Crippen LogP contribution is -2.06. The van der Waals surface area contributed by atoms with E-state index in [0.717, 1.165) is 25.0 Å². The van der Waals surface area contributed by atoms with Crippen molar-refractivity contribution in [2.75, 3.05) is 13.7 Å². The molecule has 0 bridgehead atoms. The van der Waals surface area contributed by atoms with Crippen molar-refractivity contribution in [3.05, 3.63) is 27.8 Å². The van der Waals surface area contributed by atoms with E-state index in [0.29, 0.717) is 6.61 Å². The first-order valence-electron chi connectivity index (χ1n) is 5.73. The lowest BCUT2D eigenvalue weighted by atomic mass is 10.1. The molecule has 0 aliphatic heterocycles. The molecule has 0 atom stereocenters. The molecule has 19 heavy (non-hydrogen) atoms. The van der Waals surface area contributed by atoms with Gasteiger partial charge >= 0.3 is 5.97 Å². The van der Waals surface area contributed by atoms with Crippen LogP contribution in [0.15, 0.2) is 12.1 Å². The van der Waals surface area contributed by atoms with Gasteiger partial charge in [-0.3, -0.25) is 10.1 Å². The third kappa shape index (κ3) is 3.57. The number of nitrogens with zero attached hydrogens (tertiary/aromatic N) is 1. The van der Waals surface area contributed by atoms with Gasteiger partial charge in [0.15, 0.2) is 11.5 Å². The zero-order chi connectivity index (χ0) is 14.4. The second-order valence-electron chi connectivity index (χ2n) is 3.78. The molecule has 0 fully saturated rings. The van der Waals surface area contributed by atoms with Gasteiger partial charge in [0.2, 0.25) is 0 Å². The molecule has 0 saturated carbocycles. The third-order valence-electron chi connectivity index (χ3n) is 2.46. The number of carboxylic acid groups (broad SMARTS) is 1. The van der Waals surface area contributed by atoms with Crippen LogP contribution in [0.25, 0.3) is 0 Å². The molecule has 0 spiro atoms. The van der Waals surface area contributed by atoms with Crippen LogP contribution in [-0.4, -0.2) is 29.7 Å². The van der Waals surface area contributed by atoms with Crippen molar-refractivity contribution < 1.29 is 24.3 Å². The Balaban J connectivity index is 3.19. The van der Waals surface area contributed by atoms with Gasteiger partial charge in [0, 0.05) is 6.07 Å². The van der Waals surface area contributed by atoms with Crippen LogP contribution in [0.2, 0.25) is 0 Å². The van der Waals surface area contributed by atoms with E-state index in [-0.39, 0.29) is 11.5 Å². The maximum Gasteiger partial charge on any atom is 0.342 e. The highest BCUT2D eigenvalue weighted by atomic mass is 16.6. The molecule has 0 aliphatic rings. The number of carbonyl (C=O) groups is 1. The second kappa shape index (κ2) is 6.58. The van der Waals surface area contributed by atoms with Crippen molar-refractivity contribution in [2.45, 2.75) is 19.8 Å². The molecule has 0 saturated heterocycles. The highest BCUT2D eigenvalue weighted by Crippen LogP contribution is 2.34. The predicted octanol–water partition coefficient (Wildman–Crippen LogP) is 2.48. The van der Waals surface area contributed by atoms with Crippen LogP contribution < -0.4 is 9.47 Å². The summed E-state index contributed by atoms with van der Waals surface area (Å²) in [4.78, 5) is 21.1. The maximum absolute atomic E-state index is 11.0. The zero-order valence-electron chi connectivity index (χ0n) is 10.7.